The highest BCUT2D eigenvalue weighted by atomic mass is 16.5. The molecule has 0 bridgehead atoms. The van der Waals surface area contributed by atoms with Crippen molar-refractivity contribution in [2.45, 2.75) is 0 Å². The van der Waals surface area contributed by atoms with Crippen molar-refractivity contribution in [2.75, 3.05) is 31.2 Å². The van der Waals surface area contributed by atoms with Crippen molar-refractivity contribution in [2.24, 2.45) is 5.73 Å². The van der Waals surface area contributed by atoms with Crippen molar-refractivity contribution < 1.29 is 9.53 Å². The monoisotopic (exact) mass is 247 g/mol. The molecule has 0 radical (unpaired) electrons. The molecule has 3 rings (SSSR count). The van der Waals surface area contributed by atoms with E-state index in [0.717, 1.165) is 18.9 Å². The maximum atomic E-state index is 11.3. The molecule has 7 nitrogen and oxygen atoms in total. The molecule has 0 unspecified atom stereocenters. The smallest absolute Gasteiger partial charge is 0.254 e. The third kappa shape index (κ3) is 1.78. The number of amides is 1. The number of morpholine rings is 1. The number of carbonyl (C=O) groups excluding carboxylic acids is 1. The largest absolute Gasteiger partial charge is 0.378 e. The van der Waals surface area contributed by atoms with Gasteiger partial charge in [0.25, 0.3) is 5.91 Å². The van der Waals surface area contributed by atoms with E-state index in [-0.39, 0.29) is 0 Å². The second kappa shape index (κ2) is 4.26. The van der Waals surface area contributed by atoms with Crippen molar-refractivity contribution in [3.05, 3.63) is 24.0 Å². The van der Waals surface area contributed by atoms with E-state index < -0.39 is 5.91 Å². The van der Waals surface area contributed by atoms with Gasteiger partial charge < -0.3 is 15.4 Å². The average molecular weight is 247 g/mol. The molecule has 94 valence electrons. The van der Waals surface area contributed by atoms with Crippen LogP contribution in [0, 0.1) is 0 Å². The van der Waals surface area contributed by atoms with Gasteiger partial charge in [0.1, 0.15) is 11.4 Å². The van der Waals surface area contributed by atoms with Gasteiger partial charge >= 0.3 is 0 Å². The summed E-state index contributed by atoms with van der Waals surface area (Å²) in [7, 11) is 0. The van der Waals surface area contributed by atoms with Crippen molar-refractivity contribution in [1.82, 2.24) is 14.6 Å². The van der Waals surface area contributed by atoms with E-state index in [9.17, 15) is 4.79 Å². The quantitative estimate of drug-likeness (QED) is 0.785. The molecule has 0 saturated carbocycles. The van der Waals surface area contributed by atoms with E-state index >= 15 is 0 Å². The fraction of sp³-hybridized carbons (Fsp3) is 0.364. The van der Waals surface area contributed by atoms with Crippen LogP contribution >= 0.6 is 0 Å². The Morgan fingerprint density at radius 1 is 1.39 bits per heavy atom. The molecule has 0 spiro atoms. The van der Waals surface area contributed by atoms with Crippen LogP contribution in [0.1, 0.15) is 10.4 Å². The molecule has 0 aromatic carbocycles. The standard InChI is InChI=1S/C11H13N5O2/c12-10(17)8-7-13-16-2-1-9(14-11(8)16)15-3-5-18-6-4-15/h1-2,7H,3-6H2,(H2,12,17). The molecule has 2 aromatic rings. The first-order valence-electron chi connectivity index (χ1n) is 5.72. The van der Waals surface area contributed by atoms with Crippen LogP contribution < -0.4 is 10.6 Å². The molecule has 1 amide bonds. The number of fused-ring (bicyclic) bond motifs is 1. The first-order chi connectivity index (χ1) is 8.75. The minimum absolute atomic E-state index is 0.338. The number of hydrogen-bond donors (Lipinski definition) is 1. The topological polar surface area (TPSA) is 85.8 Å². The van der Waals surface area contributed by atoms with Crippen LogP contribution in [0.5, 0.6) is 0 Å². The van der Waals surface area contributed by atoms with Crippen LogP contribution in [0.25, 0.3) is 5.65 Å². The molecule has 3 heterocycles. The van der Waals surface area contributed by atoms with Gasteiger partial charge in [0.15, 0.2) is 5.65 Å². The molecule has 18 heavy (non-hydrogen) atoms. The molecular formula is C11H13N5O2. The van der Waals surface area contributed by atoms with Crippen LogP contribution in [0.3, 0.4) is 0 Å². The Labute approximate surface area is 103 Å². The van der Waals surface area contributed by atoms with Gasteiger partial charge in [-0.2, -0.15) is 5.10 Å². The maximum Gasteiger partial charge on any atom is 0.254 e. The fourth-order valence-corrected chi connectivity index (χ4v) is 2.00. The second-order valence-electron chi connectivity index (χ2n) is 4.08. The Morgan fingerprint density at radius 2 is 2.17 bits per heavy atom. The average Bonchev–Trinajstić information content (AvgIpc) is 2.82. The van der Waals surface area contributed by atoms with Gasteiger partial charge in [-0.15, -0.1) is 0 Å². The molecule has 2 N–H and O–H groups in total. The lowest BCUT2D eigenvalue weighted by Crippen LogP contribution is -2.36. The molecule has 2 aromatic heterocycles. The second-order valence-corrected chi connectivity index (χ2v) is 4.08. The van der Waals surface area contributed by atoms with E-state index in [4.69, 9.17) is 10.5 Å². The lowest BCUT2D eigenvalue weighted by Gasteiger charge is -2.27. The minimum Gasteiger partial charge on any atom is -0.378 e. The van der Waals surface area contributed by atoms with E-state index in [0.29, 0.717) is 24.4 Å². The van der Waals surface area contributed by atoms with Gasteiger partial charge in [0, 0.05) is 19.3 Å². The maximum absolute atomic E-state index is 11.3. The van der Waals surface area contributed by atoms with Gasteiger partial charge in [-0.25, -0.2) is 9.50 Å². The van der Waals surface area contributed by atoms with E-state index in [1.807, 2.05) is 6.07 Å². The number of nitrogens with zero attached hydrogens (tertiary/aromatic N) is 4. The summed E-state index contributed by atoms with van der Waals surface area (Å²) in [6, 6.07) is 1.87. The Hall–Kier alpha value is -2.15. The zero-order valence-electron chi connectivity index (χ0n) is 9.74. The number of carbonyl (C=O) groups is 1. The third-order valence-corrected chi connectivity index (χ3v) is 2.95. The summed E-state index contributed by atoms with van der Waals surface area (Å²) in [4.78, 5) is 17.8. The van der Waals surface area contributed by atoms with Gasteiger partial charge in [0.2, 0.25) is 0 Å². The Balaban J connectivity index is 2.03. The molecule has 1 aliphatic heterocycles. The number of nitrogens with two attached hydrogens (primary N) is 1. The third-order valence-electron chi connectivity index (χ3n) is 2.95. The summed E-state index contributed by atoms with van der Waals surface area (Å²) in [6.07, 6.45) is 3.22. The summed E-state index contributed by atoms with van der Waals surface area (Å²) in [5.41, 5.74) is 6.12. The summed E-state index contributed by atoms with van der Waals surface area (Å²) < 4.78 is 6.84. The highest BCUT2D eigenvalue weighted by molar-refractivity contribution is 5.98. The van der Waals surface area contributed by atoms with Crippen LogP contribution in [0.4, 0.5) is 5.82 Å². The Kier molecular flexibility index (Phi) is 2.60. The Morgan fingerprint density at radius 3 is 2.89 bits per heavy atom. The number of ether oxygens (including phenoxy) is 1. The molecule has 1 saturated heterocycles. The molecular weight excluding hydrogens is 234 g/mol. The van der Waals surface area contributed by atoms with Crippen LogP contribution in [0.2, 0.25) is 0 Å². The molecule has 1 fully saturated rings. The highest BCUT2D eigenvalue weighted by Gasteiger charge is 2.16. The van der Waals surface area contributed by atoms with Crippen molar-refractivity contribution >= 4 is 17.4 Å². The molecule has 0 atom stereocenters. The van der Waals surface area contributed by atoms with Gasteiger partial charge in [-0.3, -0.25) is 4.79 Å². The zero-order chi connectivity index (χ0) is 12.5. The lowest BCUT2D eigenvalue weighted by molar-refractivity contribution is 0.100. The first kappa shape index (κ1) is 11.0. The van der Waals surface area contributed by atoms with Crippen molar-refractivity contribution in [3.63, 3.8) is 0 Å². The Bertz CT molecular complexity index is 588. The molecule has 7 heteroatoms. The normalized spacial score (nSPS) is 16.1. The first-order valence-corrected chi connectivity index (χ1v) is 5.72. The van der Waals surface area contributed by atoms with Gasteiger partial charge in [-0.05, 0) is 6.07 Å². The molecule has 0 aliphatic carbocycles. The number of anilines is 1. The van der Waals surface area contributed by atoms with Crippen molar-refractivity contribution in [1.29, 1.82) is 0 Å². The number of hydrogen-bond acceptors (Lipinski definition) is 5. The summed E-state index contributed by atoms with van der Waals surface area (Å²) in [5.74, 6) is 0.297. The van der Waals surface area contributed by atoms with E-state index in [1.54, 1.807) is 10.7 Å². The van der Waals surface area contributed by atoms with Crippen molar-refractivity contribution in [3.8, 4) is 0 Å². The summed E-state index contributed by atoms with van der Waals surface area (Å²) in [5, 5.41) is 4.04. The number of primary amides is 1. The zero-order valence-corrected chi connectivity index (χ0v) is 9.74. The van der Waals surface area contributed by atoms with Crippen LogP contribution in [-0.2, 0) is 4.74 Å². The summed E-state index contributed by atoms with van der Waals surface area (Å²) in [6.45, 7) is 2.97. The molecule has 1 aliphatic rings. The van der Waals surface area contributed by atoms with Gasteiger partial charge in [0.05, 0.1) is 19.4 Å². The number of aromatic nitrogens is 3. The van der Waals surface area contributed by atoms with E-state index in [2.05, 4.69) is 15.0 Å². The minimum atomic E-state index is -0.517. The van der Waals surface area contributed by atoms with Crippen LogP contribution in [0.15, 0.2) is 18.5 Å². The lowest BCUT2D eigenvalue weighted by atomic mass is 10.3. The highest BCUT2D eigenvalue weighted by Crippen LogP contribution is 2.15. The predicted molar refractivity (Wildman–Crippen MR) is 64.5 cm³/mol. The van der Waals surface area contributed by atoms with E-state index in [1.165, 1.54) is 6.20 Å². The van der Waals surface area contributed by atoms with Gasteiger partial charge in [-0.1, -0.05) is 0 Å². The fourth-order valence-electron chi connectivity index (χ4n) is 2.00. The van der Waals surface area contributed by atoms with Crippen LogP contribution in [-0.4, -0.2) is 46.8 Å². The SMILES string of the molecule is NC(=O)c1cnn2ccc(N3CCOCC3)nc12. The predicted octanol–water partition coefficient (Wildman–Crippen LogP) is -0.335. The summed E-state index contributed by atoms with van der Waals surface area (Å²) >= 11 is 0. The number of rotatable bonds is 2.